The third-order valence-electron chi connectivity index (χ3n) is 3.74. The van der Waals surface area contributed by atoms with Crippen LogP contribution < -0.4 is 5.73 Å². The van der Waals surface area contributed by atoms with Crippen LogP contribution in [0, 0.1) is 18.5 Å². The Kier molecular flexibility index (Phi) is 4.37. The summed E-state index contributed by atoms with van der Waals surface area (Å²) in [5, 5.41) is 0. The first-order valence-electron chi connectivity index (χ1n) is 6.74. The fraction of sp³-hybridized carbons (Fsp3) is 0.571. The molecule has 0 spiro atoms. The number of amides is 1. The monoisotopic (exact) mass is 279 g/mol. The van der Waals surface area contributed by atoms with Crippen molar-refractivity contribution in [3.8, 4) is 0 Å². The number of primary amides is 1. The van der Waals surface area contributed by atoms with E-state index in [1.165, 1.54) is 19.3 Å². The molecule has 0 atom stereocenters. The van der Waals surface area contributed by atoms with Crippen molar-refractivity contribution in [2.45, 2.75) is 39.8 Å². The number of nitrogens with two attached hydrogens (primary N) is 1. The lowest BCUT2D eigenvalue weighted by Crippen LogP contribution is -2.33. The van der Waals surface area contributed by atoms with Crippen molar-refractivity contribution >= 4 is 18.1 Å². The third kappa shape index (κ3) is 3.04. The van der Waals surface area contributed by atoms with Gasteiger partial charge in [0.05, 0.1) is 12.2 Å². The molecule has 0 aromatic carbocycles. The van der Waals surface area contributed by atoms with E-state index in [4.69, 9.17) is 18.0 Å². The SMILES string of the molecule is Cc1cc(C)n(CN2CCCCC2)c(=S)c1C(N)=O. The van der Waals surface area contributed by atoms with Gasteiger partial charge in [-0.15, -0.1) is 0 Å². The van der Waals surface area contributed by atoms with Gasteiger partial charge in [-0.25, -0.2) is 0 Å². The lowest BCUT2D eigenvalue weighted by Gasteiger charge is -2.28. The first-order chi connectivity index (χ1) is 9.00. The lowest BCUT2D eigenvalue weighted by atomic mass is 10.1. The molecule has 0 bridgehead atoms. The number of carbonyl (C=O) groups excluding carboxylic acids is 1. The number of hydrogen-bond donors (Lipinski definition) is 1. The Hall–Kier alpha value is -1.20. The van der Waals surface area contributed by atoms with Crippen LogP contribution in [0.5, 0.6) is 0 Å². The van der Waals surface area contributed by atoms with Crippen LogP contribution in [0.4, 0.5) is 0 Å². The van der Waals surface area contributed by atoms with Crippen molar-refractivity contribution in [1.82, 2.24) is 9.47 Å². The van der Waals surface area contributed by atoms with Gasteiger partial charge in [-0.3, -0.25) is 9.69 Å². The number of aromatic nitrogens is 1. The van der Waals surface area contributed by atoms with Gasteiger partial charge in [0.2, 0.25) is 0 Å². The maximum absolute atomic E-state index is 11.5. The van der Waals surface area contributed by atoms with Crippen LogP contribution in [0.3, 0.4) is 0 Å². The predicted molar refractivity (Wildman–Crippen MR) is 78.7 cm³/mol. The van der Waals surface area contributed by atoms with Gasteiger partial charge in [0.15, 0.2) is 0 Å². The largest absolute Gasteiger partial charge is 0.365 e. The molecule has 2 N–H and O–H groups in total. The molecule has 0 unspecified atom stereocenters. The second-order valence-corrected chi connectivity index (χ2v) is 5.65. The Morgan fingerprint density at radius 1 is 1.32 bits per heavy atom. The molecule has 1 aromatic heterocycles. The molecule has 1 amide bonds. The van der Waals surface area contributed by atoms with Crippen molar-refractivity contribution in [2.24, 2.45) is 5.73 Å². The van der Waals surface area contributed by atoms with Crippen molar-refractivity contribution in [1.29, 1.82) is 0 Å². The molecule has 4 nitrogen and oxygen atoms in total. The van der Waals surface area contributed by atoms with Crippen molar-refractivity contribution in [3.05, 3.63) is 27.5 Å². The summed E-state index contributed by atoms with van der Waals surface area (Å²) in [6.45, 7) is 6.86. The van der Waals surface area contributed by atoms with E-state index in [-0.39, 0.29) is 0 Å². The van der Waals surface area contributed by atoms with E-state index in [2.05, 4.69) is 4.90 Å². The molecule has 0 radical (unpaired) electrons. The van der Waals surface area contributed by atoms with E-state index in [0.29, 0.717) is 10.2 Å². The molecule has 1 aliphatic rings. The summed E-state index contributed by atoms with van der Waals surface area (Å²) in [5.74, 6) is -0.435. The smallest absolute Gasteiger partial charge is 0.251 e. The summed E-state index contributed by atoms with van der Waals surface area (Å²) in [6.07, 6.45) is 3.78. The Bertz CT molecular complexity index is 544. The summed E-state index contributed by atoms with van der Waals surface area (Å²) >= 11 is 5.45. The van der Waals surface area contributed by atoms with Gasteiger partial charge in [-0.2, -0.15) is 0 Å². The van der Waals surface area contributed by atoms with Crippen LogP contribution in [0.1, 0.15) is 40.9 Å². The molecule has 1 aromatic rings. The quantitative estimate of drug-likeness (QED) is 0.864. The molecule has 1 aliphatic heterocycles. The normalized spacial score (nSPS) is 16.5. The zero-order valence-corrected chi connectivity index (χ0v) is 12.4. The molecular weight excluding hydrogens is 258 g/mol. The van der Waals surface area contributed by atoms with Gasteiger partial charge in [0.25, 0.3) is 5.91 Å². The van der Waals surface area contributed by atoms with E-state index in [1.54, 1.807) is 0 Å². The summed E-state index contributed by atoms with van der Waals surface area (Å²) < 4.78 is 2.59. The van der Waals surface area contributed by atoms with Crippen LogP contribution >= 0.6 is 12.2 Å². The maximum atomic E-state index is 11.5. The molecule has 104 valence electrons. The Morgan fingerprint density at radius 3 is 2.53 bits per heavy atom. The number of hydrogen-bond acceptors (Lipinski definition) is 3. The number of piperidine rings is 1. The van der Waals surface area contributed by atoms with E-state index in [0.717, 1.165) is 31.0 Å². The van der Waals surface area contributed by atoms with E-state index in [9.17, 15) is 4.79 Å². The van der Waals surface area contributed by atoms with E-state index >= 15 is 0 Å². The zero-order chi connectivity index (χ0) is 14.0. The topological polar surface area (TPSA) is 51.3 Å². The molecule has 1 saturated heterocycles. The van der Waals surface area contributed by atoms with Crippen molar-refractivity contribution in [3.63, 3.8) is 0 Å². The summed E-state index contributed by atoms with van der Waals surface area (Å²) in [4.78, 5) is 13.9. The highest BCUT2D eigenvalue weighted by Crippen LogP contribution is 2.16. The zero-order valence-electron chi connectivity index (χ0n) is 11.6. The van der Waals surface area contributed by atoms with Crippen molar-refractivity contribution < 1.29 is 4.79 Å². The third-order valence-corrected chi connectivity index (χ3v) is 4.17. The average Bonchev–Trinajstić information content (AvgIpc) is 2.35. The second kappa shape index (κ2) is 5.84. The predicted octanol–water partition coefficient (Wildman–Crippen LogP) is 2.38. The minimum atomic E-state index is -0.435. The summed E-state index contributed by atoms with van der Waals surface area (Å²) in [7, 11) is 0. The van der Waals surface area contributed by atoms with Gasteiger partial charge < -0.3 is 10.3 Å². The molecule has 19 heavy (non-hydrogen) atoms. The Labute approximate surface area is 119 Å². The number of likely N-dealkylation sites (tertiary alicyclic amines) is 1. The maximum Gasteiger partial charge on any atom is 0.251 e. The van der Waals surface area contributed by atoms with E-state index in [1.807, 2.05) is 24.5 Å². The number of carbonyl (C=O) groups is 1. The van der Waals surface area contributed by atoms with Crippen LogP contribution in [-0.2, 0) is 6.67 Å². The lowest BCUT2D eigenvalue weighted by molar-refractivity contribution is 0.0997. The van der Waals surface area contributed by atoms with Crippen LogP contribution in [0.15, 0.2) is 6.07 Å². The number of pyridine rings is 1. The average molecular weight is 279 g/mol. The second-order valence-electron chi connectivity index (χ2n) is 5.26. The summed E-state index contributed by atoms with van der Waals surface area (Å²) in [5.41, 5.74) is 7.87. The molecule has 2 heterocycles. The number of aryl methyl sites for hydroxylation is 2. The minimum Gasteiger partial charge on any atom is -0.365 e. The van der Waals surface area contributed by atoms with Gasteiger partial charge >= 0.3 is 0 Å². The molecule has 0 saturated carbocycles. The molecule has 0 aliphatic carbocycles. The highest BCUT2D eigenvalue weighted by atomic mass is 32.1. The van der Waals surface area contributed by atoms with Crippen molar-refractivity contribution in [2.75, 3.05) is 13.1 Å². The van der Waals surface area contributed by atoms with Gasteiger partial charge in [0, 0.05) is 5.69 Å². The molecular formula is C14H21N3OS. The fourth-order valence-electron chi connectivity index (χ4n) is 2.70. The molecule has 1 fully saturated rings. The highest BCUT2D eigenvalue weighted by molar-refractivity contribution is 7.71. The fourth-order valence-corrected chi connectivity index (χ4v) is 3.17. The Morgan fingerprint density at radius 2 is 1.95 bits per heavy atom. The van der Waals surface area contributed by atoms with E-state index < -0.39 is 5.91 Å². The van der Waals surface area contributed by atoms with Crippen LogP contribution in [0.2, 0.25) is 0 Å². The standard InChI is InChI=1S/C14H21N3OS/c1-10-8-11(2)17(14(19)12(10)13(15)18)9-16-6-4-3-5-7-16/h8H,3-7,9H2,1-2H3,(H2,15,18). The Balaban J connectivity index is 2.36. The van der Waals surface area contributed by atoms with Gasteiger partial charge in [0.1, 0.15) is 4.64 Å². The molecule has 5 heteroatoms. The van der Waals surface area contributed by atoms with Gasteiger partial charge in [-0.05, 0) is 51.4 Å². The number of nitrogens with zero attached hydrogens (tertiary/aromatic N) is 2. The van der Waals surface area contributed by atoms with Crippen LogP contribution in [-0.4, -0.2) is 28.5 Å². The first kappa shape index (κ1) is 14.2. The number of rotatable bonds is 3. The first-order valence-corrected chi connectivity index (χ1v) is 7.14. The summed E-state index contributed by atoms with van der Waals surface area (Å²) in [6, 6.07) is 1.99. The minimum absolute atomic E-state index is 0.435. The van der Waals surface area contributed by atoms with Crippen LogP contribution in [0.25, 0.3) is 0 Å². The van der Waals surface area contributed by atoms with Gasteiger partial charge in [-0.1, -0.05) is 18.6 Å². The highest BCUT2D eigenvalue weighted by Gasteiger charge is 2.15. The molecule has 2 rings (SSSR count).